The molecule has 10 nitrogen and oxygen atoms in total. The quantitative estimate of drug-likeness (QED) is 0.287. The molecule has 0 unspecified atom stereocenters. The summed E-state index contributed by atoms with van der Waals surface area (Å²) in [6.07, 6.45) is 1.37. The predicted molar refractivity (Wildman–Crippen MR) is 141 cm³/mol. The van der Waals surface area contributed by atoms with E-state index in [9.17, 15) is 13.2 Å². The molecule has 196 valence electrons. The van der Waals surface area contributed by atoms with Gasteiger partial charge in [-0.3, -0.25) is 9.10 Å². The average Bonchev–Trinajstić information content (AvgIpc) is 2.91. The van der Waals surface area contributed by atoms with Crippen LogP contribution in [0.1, 0.15) is 5.56 Å². The minimum Gasteiger partial charge on any atom is -0.497 e. The van der Waals surface area contributed by atoms with Crippen LogP contribution in [0.2, 0.25) is 5.02 Å². The summed E-state index contributed by atoms with van der Waals surface area (Å²) >= 11 is 5.97. The van der Waals surface area contributed by atoms with Crippen LogP contribution in [0.25, 0.3) is 0 Å². The molecule has 0 radical (unpaired) electrons. The van der Waals surface area contributed by atoms with E-state index in [2.05, 4.69) is 10.5 Å². The maximum Gasteiger partial charge on any atom is 0.264 e. The van der Waals surface area contributed by atoms with Gasteiger partial charge in [0, 0.05) is 10.6 Å². The number of anilines is 1. The van der Waals surface area contributed by atoms with Gasteiger partial charge in [-0.05, 0) is 60.7 Å². The van der Waals surface area contributed by atoms with Crippen molar-refractivity contribution in [1.82, 2.24) is 5.43 Å². The molecule has 3 aromatic rings. The monoisotopic (exact) mass is 547 g/mol. The summed E-state index contributed by atoms with van der Waals surface area (Å²) in [4.78, 5) is 12.7. The topological polar surface area (TPSA) is 116 Å². The number of sulfonamides is 1. The summed E-state index contributed by atoms with van der Waals surface area (Å²) in [5, 5.41) is 4.37. The second-order valence-electron chi connectivity index (χ2n) is 7.42. The molecule has 37 heavy (non-hydrogen) atoms. The van der Waals surface area contributed by atoms with Gasteiger partial charge in [0.15, 0.2) is 11.5 Å². The van der Waals surface area contributed by atoms with E-state index in [0.717, 1.165) is 4.31 Å². The number of ether oxygens (including phenoxy) is 4. The molecule has 0 atom stereocenters. The third-order valence-corrected chi connectivity index (χ3v) is 7.18. The molecule has 0 aromatic heterocycles. The minimum absolute atomic E-state index is 0.0167. The van der Waals surface area contributed by atoms with Crippen LogP contribution in [0.5, 0.6) is 23.0 Å². The zero-order chi connectivity index (χ0) is 27.0. The van der Waals surface area contributed by atoms with Gasteiger partial charge >= 0.3 is 0 Å². The molecular formula is C25H26ClN3O7S. The van der Waals surface area contributed by atoms with E-state index < -0.39 is 22.5 Å². The Labute approximate surface area is 220 Å². The molecule has 0 fully saturated rings. The highest BCUT2D eigenvalue weighted by molar-refractivity contribution is 7.92. The molecule has 0 heterocycles. The molecule has 0 spiro atoms. The fourth-order valence-electron chi connectivity index (χ4n) is 3.32. The Balaban J connectivity index is 1.84. The van der Waals surface area contributed by atoms with Crippen molar-refractivity contribution >= 4 is 39.4 Å². The van der Waals surface area contributed by atoms with Crippen LogP contribution in [0.3, 0.4) is 0 Å². The Morgan fingerprint density at radius 1 is 0.919 bits per heavy atom. The highest BCUT2D eigenvalue weighted by Crippen LogP contribution is 2.37. The van der Waals surface area contributed by atoms with Gasteiger partial charge in [-0.1, -0.05) is 11.6 Å². The maximum atomic E-state index is 13.4. The molecule has 0 saturated carbocycles. The van der Waals surface area contributed by atoms with Crippen LogP contribution < -0.4 is 28.7 Å². The molecule has 0 saturated heterocycles. The molecular weight excluding hydrogens is 522 g/mol. The normalized spacial score (nSPS) is 11.2. The first-order valence-electron chi connectivity index (χ1n) is 10.8. The molecule has 0 aliphatic carbocycles. The summed E-state index contributed by atoms with van der Waals surface area (Å²) in [5.74, 6) is 1.06. The first-order chi connectivity index (χ1) is 17.7. The average molecular weight is 548 g/mol. The number of hydrogen-bond donors (Lipinski definition) is 1. The van der Waals surface area contributed by atoms with E-state index in [0.29, 0.717) is 33.6 Å². The zero-order valence-electron chi connectivity index (χ0n) is 20.6. The van der Waals surface area contributed by atoms with Gasteiger partial charge in [-0.25, -0.2) is 13.8 Å². The van der Waals surface area contributed by atoms with Gasteiger partial charge in [-0.2, -0.15) is 5.10 Å². The van der Waals surface area contributed by atoms with E-state index in [-0.39, 0.29) is 10.6 Å². The van der Waals surface area contributed by atoms with E-state index >= 15 is 0 Å². The molecule has 12 heteroatoms. The minimum atomic E-state index is -4.11. The second kappa shape index (κ2) is 12.3. The summed E-state index contributed by atoms with van der Waals surface area (Å²) in [6.45, 7) is -0.539. The Morgan fingerprint density at radius 2 is 1.51 bits per heavy atom. The Bertz CT molecular complexity index is 1340. The number of benzene rings is 3. The highest BCUT2D eigenvalue weighted by atomic mass is 35.5. The van der Waals surface area contributed by atoms with Crippen molar-refractivity contribution in [3.05, 3.63) is 71.2 Å². The maximum absolute atomic E-state index is 13.4. The van der Waals surface area contributed by atoms with Gasteiger partial charge in [0.2, 0.25) is 5.75 Å². The lowest BCUT2D eigenvalue weighted by molar-refractivity contribution is -0.119. The zero-order valence-corrected chi connectivity index (χ0v) is 22.2. The van der Waals surface area contributed by atoms with Crippen molar-refractivity contribution in [3.63, 3.8) is 0 Å². The van der Waals surface area contributed by atoms with Crippen LogP contribution in [0, 0.1) is 0 Å². The second-order valence-corrected chi connectivity index (χ2v) is 9.71. The van der Waals surface area contributed by atoms with E-state index in [1.54, 1.807) is 12.1 Å². The Morgan fingerprint density at radius 3 is 2.03 bits per heavy atom. The fraction of sp³-hybridized carbons (Fsp3) is 0.200. The molecule has 3 rings (SSSR count). The lowest BCUT2D eigenvalue weighted by Gasteiger charge is -2.23. The number of amides is 1. The largest absolute Gasteiger partial charge is 0.497 e. The Hall–Kier alpha value is -3.96. The smallest absolute Gasteiger partial charge is 0.264 e. The number of hydrazone groups is 1. The van der Waals surface area contributed by atoms with Crippen LogP contribution in [0.15, 0.2) is 70.7 Å². The van der Waals surface area contributed by atoms with Crippen molar-refractivity contribution in [2.45, 2.75) is 4.90 Å². The first kappa shape index (κ1) is 27.6. The van der Waals surface area contributed by atoms with Crippen LogP contribution >= 0.6 is 11.6 Å². The molecule has 1 amide bonds. The highest BCUT2D eigenvalue weighted by Gasteiger charge is 2.27. The first-order valence-corrected chi connectivity index (χ1v) is 12.6. The number of hydrogen-bond acceptors (Lipinski definition) is 8. The molecule has 3 aromatic carbocycles. The van der Waals surface area contributed by atoms with Crippen molar-refractivity contribution < 1.29 is 32.2 Å². The molecule has 1 N–H and O–H groups in total. The number of methoxy groups -OCH3 is 4. The number of rotatable bonds is 11. The third kappa shape index (κ3) is 6.63. The number of nitrogens with one attached hydrogen (secondary N) is 1. The lowest BCUT2D eigenvalue weighted by atomic mass is 10.2. The molecule has 0 aliphatic rings. The molecule has 0 aliphatic heterocycles. The van der Waals surface area contributed by atoms with Crippen LogP contribution in [0.4, 0.5) is 5.69 Å². The SMILES string of the molecule is COc1ccc(S(=O)(=O)N(CC(=O)N/N=C\c2cc(OC)c(OC)c(OC)c2)c2ccc(Cl)cc2)cc1. The van der Waals surface area contributed by atoms with Crippen LogP contribution in [-0.4, -0.2) is 55.5 Å². The summed E-state index contributed by atoms with van der Waals surface area (Å²) in [6, 6.07) is 15.2. The van der Waals surface area contributed by atoms with Gasteiger partial charge in [-0.15, -0.1) is 0 Å². The standard InChI is InChI=1S/C25H26ClN3O7S/c1-33-20-9-11-21(12-10-20)37(31,32)29(19-7-5-18(26)6-8-19)16-24(30)28-27-15-17-13-22(34-2)25(36-4)23(14-17)35-3/h5-15H,16H2,1-4H3,(H,28,30)/b27-15-. The van der Waals surface area contributed by atoms with Gasteiger partial charge in [0.25, 0.3) is 15.9 Å². The molecule has 0 bridgehead atoms. The fourth-order valence-corrected chi connectivity index (χ4v) is 4.86. The Kier molecular flexibility index (Phi) is 9.20. The lowest BCUT2D eigenvalue weighted by Crippen LogP contribution is -2.39. The number of carbonyl (C=O) groups excluding carboxylic acids is 1. The summed E-state index contributed by atoms with van der Waals surface area (Å²) in [7, 11) is 1.81. The van der Waals surface area contributed by atoms with Gasteiger partial charge < -0.3 is 18.9 Å². The van der Waals surface area contributed by atoms with Gasteiger partial charge in [0.1, 0.15) is 12.3 Å². The van der Waals surface area contributed by atoms with Crippen molar-refractivity contribution in [3.8, 4) is 23.0 Å². The van der Waals surface area contributed by atoms with E-state index in [1.165, 1.54) is 83.2 Å². The number of carbonyl (C=O) groups is 1. The number of halogens is 1. The predicted octanol–water partition coefficient (Wildman–Crippen LogP) is 3.72. The van der Waals surface area contributed by atoms with E-state index in [1.807, 2.05) is 0 Å². The number of nitrogens with zero attached hydrogens (tertiary/aromatic N) is 2. The van der Waals surface area contributed by atoms with Crippen molar-refractivity contribution in [1.29, 1.82) is 0 Å². The summed E-state index contributed by atoms with van der Waals surface area (Å²) < 4.78 is 48.9. The summed E-state index contributed by atoms with van der Waals surface area (Å²) in [5.41, 5.74) is 3.16. The van der Waals surface area contributed by atoms with Crippen molar-refractivity contribution in [2.24, 2.45) is 5.10 Å². The van der Waals surface area contributed by atoms with E-state index in [4.69, 9.17) is 30.5 Å². The van der Waals surface area contributed by atoms with Crippen molar-refractivity contribution in [2.75, 3.05) is 39.3 Å². The van der Waals surface area contributed by atoms with Crippen LogP contribution in [-0.2, 0) is 14.8 Å². The third-order valence-electron chi connectivity index (χ3n) is 5.14. The van der Waals surface area contributed by atoms with Gasteiger partial charge in [0.05, 0.1) is 45.2 Å².